The molecule has 5 unspecified atom stereocenters. The summed E-state index contributed by atoms with van der Waals surface area (Å²) in [6.07, 6.45) is -11.8. The van der Waals surface area contributed by atoms with Gasteiger partial charge in [-0.3, -0.25) is 9.59 Å². The van der Waals surface area contributed by atoms with Crippen LogP contribution in [0, 0.1) is 0 Å². The molecule has 5 aromatic carbocycles. The molecule has 0 aliphatic carbocycles. The molecule has 12 nitrogen and oxygen atoms in total. The second-order valence-electron chi connectivity index (χ2n) is 16.0. The Kier molecular flexibility index (Phi) is 18.2. The summed E-state index contributed by atoms with van der Waals surface area (Å²) in [6, 6.07) is 47.9. The molecule has 0 saturated carbocycles. The lowest BCUT2D eigenvalue weighted by Gasteiger charge is -2.48. The fourth-order valence-corrected chi connectivity index (χ4v) is 7.79. The molecular weight excluding hydrogens is 834 g/mol. The molecule has 13 heteroatoms. The van der Waals surface area contributed by atoms with Gasteiger partial charge >= 0.3 is 5.97 Å². The van der Waals surface area contributed by atoms with Crippen LogP contribution in [-0.4, -0.2) is 87.0 Å². The molecule has 2 aliphatic heterocycles. The number of carbonyl (C=O) groups excluding carboxylic acids is 2. The van der Waals surface area contributed by atoms with Crippen molar-refractivity contribution in [2.45, 2.75) is 114 Å². The van der Waals surface area contributed by atoms with Gasteiger partial charge in [0.05, 0.1) is 52.2 Å². The minimum absolute atomic E-state index is 0.00513. The first-order chi connectivity index (χ1) is 31.8. The number of ether oxygens (including phenoxy) is 9. The standard InChI is InChI=1S/C52H58FNO11/c1-36-45(64-44(56)29-28-43(55)54-2)47(59-32-39-22-12-5-13-23-39)50(61-34-41-26-16-7-17-27-41)52(62-36)65-49-48(60-33-40-24-14-6-15-25-40)46(58-31-38-20-10-4-11-21-38)42(63-51(49)53)35-57-30-37-18-8-3-9-19-37/h3-27,36,42,45-52H,28-35H2,1-2H3,(H,54,55)/t36?,42?,45-,46+,47+,48-,49+,50?,51?,52?/m1/s1. The molecule has 65 heavy (non-hydrogen) atoms. The topological polar surface area (TPSA) is 129 Å². The SMILES string of the molecule is CNC(=O)CCC(=O)O[C@@H]1C(C)OC(O[C@@H]2C(F)OC(COCc3ccccc3)[C@H](OCc3ccccc3)[C@H]2OCc2ccccc2)C(OCc2ccccc2)[C@H]1OCc1ccccc1. The molecule has 1 N–H and O–H groups in total. The van der Waals surface area contributed by atoms with Gasteiger partial charge in [0.2, 0.25) is 12.3 Å². The average Bonchev–Trinajstić information content (AvgIpc) is 3.34. The van der Waals surface area contributed by atoms with Gasteiger partial charge in [0.1, 0.15) is 36.6 Å². The van der Waals surface area contributed by atoms with Gasteiger partial charge in [0, 0.05) is 13.5 Å². The maximum atomic E-state index is 17.1. The highest BCUT2D eigenvalue weighted by atomic mass is 19.1. The van der Waals surface area contributed by atoms with Gasteiger partial charge < -0.3 is 47.9 Å². The first-order valence-electron chi connectivity index (χ1n) is 22.1. The van der Waals surface area contributed by atoms with E-state index in [2.05, 4.69) is 5.32 Å². The Balaban J connectivity index is 1.21. The maximum absolute atomic E-state index is 17.1. The average molecular weight is 892 g/mol. The van der Waals surface area contributed by atoms with Crippen LogP contribution >= 0.6 is 0 Å². The third kappa shape index (κ3) is 14.1. The van der Waals surface area contributed by atoms with Crippen LogP contribution in [0.2, 0.25) is 0 Å². The van der Waals surface area contributed by atoms with E-state index < -0.39 is 67.4 Å². The lowest BCUT2D eigenvalue weighted by atomic mass is 9.96. The second-order valence-corrected chi connectivity index (χ2v) is 16.0. The van der Waals surface area contributed by atoms with Crippen molar-refractivity contribution in [2.75, 3.05) is 13.7 Å². The van der Waals surface area contributed by atoms with Gasteiger partial charge in [-0.1, -0.05) is 152 Å². The van der Waals surface area contributed by atoms with Crippen molar-refractivity contribution in [1.29, 1.82) is 0 Å². The fraction of sp³-hybridized carbons (Fsp3) is 0.385. The van der Waals surface area contributed by atoms with E-state index >= 15 is 4.39 Å². The van der Waals surface area contributed by atoms with Crippen LogP contribution < -0.4 is 5.32 Å². The number of hydrogen-bond acceptors (Lipinski definition) is 11. The van der Waals surface area contributed by atoms with E-state index in [0.29, 0.717) is 0 Å². The van der Waals surface area contributed by atoms with Crippen molar-refractivity contribution in [2.24, 2.45) is 0 Å². The largest absolute Gasteiger partial charge is 0.457 e. The number of rotatable bonds is 22. The van der Waals surface area contributed by atoms with Crippen molar-refractivity contribution in [1.82, 2.24) is 5.32 Å². The molecule has 10 atom stereocenters. The van der Waals surface area contributed by atoms with E-state index in [0.717, 1.165) is 27.8 Å². The highest BCUT2D eigenvalue weighted by Gasteiger charge is 2.54. The summed E-state index contributed by atoms with van der Waals surface area (Å²) in [5, 5.41) is 2.53. The number of benzene rings is 5. The Bertz CT molecular complexity index is 2140. The Morgan fingerprint density at radius 3 is 1.40 bits per heavy atom. The number of alkyl halides is 1. The third-order valence-corrected chi connectivity index (χ3v) is 11.2. The zero-order chi connectivity index (χ0) is 45.2. The summed E-state index contributed by atoms with van der Waals surface area (Å²) >= 11 is 0. The summed E-state index contributed by atoms with van der Waals surface area (Å²) in [7, 11) is 1.50. The lowest BCUT2D eigenvalue weighted by Crippen LogP contribution is -2.65. The van der Waals surface area contributed by atoms with E-state index in [4.69, 9.17) is 42.6 Å². The van der Waals surface area contributed by atoms with Crippen LogP contribution in [0.5, 0.6) is 0 Å². The zero-order valence-corrected chi connectivity index (χ0v) is 36.7. The van der Waals surface area contributed by atoms with Crippen molar-refractivity contribution < 1.29 is 56.6 Å². The molecule has 2 saturated heterocycles. The summed E-state index contributed by atoms with van der Waals surface area (Å²) < 4.78 is 75.5. The molecule has 2 fully saturated rings. The van der Waals surface area contributed by atoms with E-state index in [1.54, 1.807) is 6.92 Å². The minimum Gasteiger partial charge on any atom is -0.457 e. The van der Waals surface area contributed by atoms with Crippen LogP contribution in [0.1, 0.15) is 47.6 Å². The molecule has 2 heterocycles. The molecule has 0 spiro atoms. The molecule has 344 valence electrons. The van der Waals surface area contributed by atoms with Gasteiger partial charge in [-0.05, 0) is 34.7 Å². The fourth-order valence-electron chi connectivity index (χ4n) is 7.79. The third-order valence-electron chi connectivity index (χ3n) is 11.2. The van der Waals surface area contributed by atoms with Gasteiger partial charge in [-0.25, -0.2) is 4.39 Å². The number of esters is 1. The van der Waals surface area contributed by atoms with Crippen LogP contribution in [0.3, 0.4) is 0 Å². The van der Waals surface area contributed by atoms with E-state index in [-0.39, 0.29) is 58.4 Å². The summed E-state index contributed by atoms with van der Waals surface area (Å²) in [6.45, 7) is 2.46. The van der Waals surface area contributed by atoms with Crippen molar-refractivity contribution >= 4 is 11.9 Å². The highest BCUT2D eigenvalue weighted by molar-refractivity contribution is 5.81. The minimum atomic E-state index is -2.05. The molecular formula is C52H58FNO11. The van der Waals surface area contributed by atoms with Crippen LogP contribution in [0.15, 0.2) is 152 Å². The molecule has 0 bridgehead atoms. The number of nitrogens with one attached hydrogen (secondary N) is 1. The van der Waals surface area contributed by atoms with Crippen LogP contribution in [0.4, 0.5) is 4.39 Å². The van der Waals surface area contributed by atoms with Gasteiger partial charge in [-0.15, -0.1) is 0 Å². The smallest absolute Gasteiger partial charge is 0.306 e. The predicted octanol–water partition coefficient (Wildman–Crippen LogP) is 7.81. The monoisotopic (exact) mass is 891 g/mol. The van der Waals surface area contributed by atoms with Gasteiger partial charge in [0.15, 0.2) is 12.4 Å². The number of halogens is 1. The van der Waals surface area contributed by atoms with E-state index in [9.17, 15) is 9.59 Å². The lowest BCUT2D eigenvalue weighted by molar-refractivity contribution is -0.365. The Labute approximate surface area is 380 Å². The van der Waals surface area contributed by atoms with E-state index in [1.807, 2.05) is 152 Å². The first kappa shape index (κ1) is 47.6. The van der Waals surface area contributed by atoms with Crippen molar-refractivity contribution in [3.8, 4) is 0 Å². The number of hydrogen-bond donors (Lipinski definition) is 1. The van der Waals surface area contributed by atoms with Crippen molar-refractivity contribution in [3.05, 3.63) is 179 Å². The van der Waals surface area contributed by atoms with Crippen molar-refractivity contribution in [3.63, 3.8) is 0 Å². The number of amides is 1. The quantitative estimate of drug-likeness (QED) is 0.0684. The zero-order valence-electron chi connectivity index (χ0n) is 36.7. The maximum Gasteiger partial charge on any atom is 0.306 e. The van der Waals surface area contributed by atoms with Crippen LogP contribution in [-0.2, 0) is 85.3 Å². The summed E-state index contributed by atoms with van der Waals surface area (Å²) in [4.78, 5) is 25.4. The highest BCUT2D eigenvalue weighted by Crippen LogP contribution is 2.36. The Hall–Kier alpha value is -5.35. The Morgan fingerprint density at radius 2 is 0.938 bits per heavy atom. The van der Waals surface area contributed by atoms with Gasteiger partial charge in [0.25, 0.3) is 0 Å². The molecule has 0 aromatic heterocycles. The normalized spacial score (nSPS) is 25.4. The second kappa shape index (κ2) is 24.8. The predicted molar refractivity (Wildman–Crippen MR) is 238 cm³/mol. The first-order valence-corrected chi connectivity index (χ1v) is 22.1. The van der Waals surface area contributed by atoms with Gasteiger partial charge in [-0.2, -0.15) is 0 Å². The van der Waals surface area contributed by atoms with E-state index in [1.165, 1.54) is 7.05 Å². The molecule has 7 rings (SSSR count). The molecule has 1 amide bonds. The summed E-state index contributed by atoms with van der Waals surface area (Å²) in [5.41, 5.74) is 4.39. The van der Waals surface area contributed by atoms with Crippen LogP contribution in [0.25, 0.3) is 0 Å². The molecule has 2 aliphatic rings. The number of carbonyl (C=O) groups is 2. The molecule has 5 aromatic rings. The molecule has 0 radical (unpaired) electrons. The summed E-state index contributed by atoms with van der Waals surface area (Å²) in [5.74, 6) is -0.929. The Morgan fingerprint density at radius 1 is 0.523 bits per heavy atom.